The van der Waals surface area contributed by atoms with Gasteiger partial charge in [0, 0.05) is 0 Å². The molecule has 1 aliphatic heterocycles. The second-order valence-corrected chi connectivity index (χ2v) is 3.46. The van der Waals surface area contributed by atoms with Crippen molar-refractivity contribution in [2.75, 3.05) is 6.61 Å². The molecule has 0 spiro atoms. The molecule has 1 aliphatic rings. The van der Waals surface area contributed by atoms with E-state index in [0.717, 1.165) is 12.8 Å². The molecule has 0 radical (unpaired) electrons. The topological polar surface area (TPSA) is 38.3 Å². The van der Waals surface area contributed by atoms with Crippen LogP contribution in [-0.2, 0) is 11.2 Å². The van der Waals surface area contributed by atoms with Crippen molar-refractivity contribution in [3.63, 3.8) is 0 Å². The zero-order valence-electron chi connectivity index (χ0n) is 7.90. The molecule has 1 saturated heterocycles. The monoisotopic (exact) mass is 199 g/mol. The first-order chi connectivity index (χ1) is 6.84. The predicted octanol–water partition coefficient (Wildman–Crippen LogP) is 1.08. The molecular weight excluding hydrogens is 185 g/mol. The van der Waals surface area contributed by atoms with Gasteiger partial charge in [-0.25, -0.2) is 4.79 Å². The minimum atomic E-state index is -0.289. The van der Waals surface area contributed by atoms with E-state index in [-0.39, 0.29) is 31.0 Å². The van der Waals surface area contributed by atoms with Crippen LogP contribution < -0.4 is 5.32 Å². The van der Waals surface area contributed by atoms with Crippen LogP contribution in [0.2, 0.25) is 0 Å². The Labute approximate surface area is 101 Å². The predicted molar refractivity (Wildman–Crippen MR) is 60.2 cm³/mol. The molecule has 0 saturated carbocycles. The van der Waals surface area contributed by atoms with Crippen LogP contribution in [0.4, 0.5) is 4.79 Å². The molecule has 4 heteroatoms. The van der Waals surface area contributed by atoms with Gasteiger partial charge in [-0.15, -0.1) is 0 Å². The number of cyclic esters (lactones) is 1. The van der Waals surface area contributed by atoms with E-state index in [1.54, 1.807) is 0 Å². The number of carbonyl (C=O) groups is 1. The maximum atomic E-state index is 10.7. The summed E-state index contributed by atoms with van der Waals surface area (Å²) >= 11 is 0. The van der Waals surface area contributed by atoms with Crippen LogP contribution in [0.1, 0.15) is 12.0 Å². The van der Waals surface area contributed by atoms with Gasteiger partial charge in [-0.3, -0.25) is 0 Å². The number of carbonyl (C=O) groups excluding carboxylic acids is 1. The molecule has 0 aromatic heterocycles. The van der Waals surface area contributed by atoms with E-state index in [9.17, 15) is 4.79 Å². The Balaban J connectivity index is 0.00000112. The van der Waals surface area contributed by atoms with Gasteiger partial charge in [0.15, 0.2) is 0 Å². The number of alkyl carbamates (subject to hydrolysis) is 1. The van der Waals surface area contributed by atoms with Crippen LogP contribution in [0.25, 0.3) is 0 Å². The summed E-state index contributed by atoms with van der Waals surface area (Å²) in [6.07, 6.45) is 1.63. The van der Waals surface area contributed by atoms with Gasteiger partial charge in [-0.05, 0) is 18.4 Å². The van der Waals surface area contributed by atoms with Gasteiger partial charge in [0.2, 0.25) is 0 Å². The fraction of sp³-hybridized carbons (Fsp3) is 0.364. The van der Waals surface area contributed by atoms with Crippen molar-refractivity contribution in [3.8, 4) is 0 Å². The van der Waals surface area contributed by atoms with Crippen LogP contribution in [-0.4, -0.2) is 37.6 Å². The van der Waals surface area contributed by atoms with Crippen LogP contribution >= 0.6 is 0 Å². The van der Waals surface area contributed by atoms with Crippen molar-refractivity contribution < 1.29 is 9.53 Å². The Morgan fingerprint density at radius 3 is 2.67 bits per heavy atom. The summed E-state index contributed by atoms with van der Waals surface area (Å²) in [5, 5.41) is 2.76. The van der Waals surface area contributed by atoms with Crippen molar-refractivity contribution >= 4 is 25.0 Å². The Morgan fingerprint density at radius 2 is 2.07 bits per heavy atom. The van der Waals surface area contributed by atoms with Crippen molar-refractivity contribution in [3.05, 3.63) is 35.9 Å². The Morgan fingerprint density at radius 1 is 1.33 bits per heavy atom. The minimum absolute atomic E-state index is 0. The number of hydrogen-bond acceptors (Lipinski definition) is 2. The van der Waals surface area contributed by atoms with E-state index in [2.05, 4.69) is 17.4 Å². The molecule has 1 aromatic rings. The SMILES string of the molecule is O=C1N[C@@H](CCc2ccccc2)CO1.[LiH]. The maximum absolute atomic E-state index is 10.7. The molecular formula is C11H14LiNO2. The molecule has 1 atom stereocenters. The molecule has 15 heavy (non-hydrogen) atoms. The summed E-state index contributed by atoms with van der Waals surface area (Å²) in [5.41, 5.74) is 1.30. The second-order valence-electron chi connectivity index (χ2n) is 3.46. The molecule has 1 fully saturated rings. The summed E-state index contributed by atoms with van der Waals surface area (Å²) in [7, 11) is 0. The number of benzene rings is 1. The van der Waals surface area contributed by atoms with Crippen LogP contribution in [0.5, 0.6) is 0 Å². The normalized spacial score (nSPS) is 18.9. The zero-order valence-corrected chi connectivity index (χ0v) is 7.90. The third kappa shape index (κ3) is 3.62. The average molecular weight is 199 g/mol. The molecule has 1 amide bonds. The van der Waals surface area contributed by atoms with Crippen molar-refractivity contribution in [1.82, 2.24) is 5.32 Å². The average Bonchev–Trinajstić information content (AvgIpc) is 2.63. The first-order valence-corrected chi connectivity index (χ1v) is 4.82. The van der Waals surface area contributed by atoms with Gasteiger partial charge < -0.3 is 10.1 Å². The zero-order chi connectivity index (χ0) is 9.80. The molecule has 0 unspecified atom stereocenters. The van der Waals surface area contributed by atoms with E-state index < -0.39 is 0 Å². The standard InChI is InChI=1S/C11H13NO2.Li.H/c13-11-12-10(8-14-11)7-6-9-4-2-1-3-5-9;;/h1-5,10H,6-8H2,(H,12,13);;/t10-;;/m0../s1. The second kappa shape index (κ2) is 5.84. The summed E-state index contributed by atoms with van der Waals surface area (Å²) in [6.45, 7) is 0.506. The van der Waals surface area contributed by atoms with Crippen molar-refractivity contribution in [1.29, 1.82) is 0 Å². The number of nitrogens with one attached hydrogen (secondary N) is 1. The summed E-state index contributed by atoms with van der Waals surface area (Å²) < 4.78 is 4.80. The molecule has 1 heterocycles. The molecule has 0 aliphatic carbocycles. The molecule has 1 N–H and O–H groups in total. The third-order valence-corrected chi connectivity index (χ3v) is 2.36. The van der Waals surface area contributed by atoms with E-state index in [1.807, 2.05) is 18.2 Å². The van der Waals surface area contributed by atoms with Gasteiger partial charge in [-0.1, -0.05) is 30.3 Å². The van der Waals surface area contributed by atoms with Crippen LogP contribution in [0.15, 0.2) is 30.3 Å². The Bertz CT molecular complexity index is 316. The fourth-order valence-electron chi connectivity index (χ4n) is 1.57. The first-order valence-electron chi connectivity index (χ1n) is 4.82. The van der Waals surface area contributed by atoms with Crippen molar-refractivity contribution in [2.24, 2.45) is 0 Å². The first kappa shape index (κ1) is 12.2. The Hall–Kier alpha value is -0.913. The number of hydrogen-bond donors (Lipinski definition) is 1. The summed E-state index contributed by atoms with van der Waals surface area (Å²) in [6, 6.07) is 10.4. The molecule has 2 rings (SSSR count). The van der Waals surface area contributed by atoms with Gasteiger partial charge in [0.1, 0.15) is 6.61 Å². The Kier molecular flexibility index (Phi) is 4.74. The van der Waals surface area contributed by atoms with E-state index in [0.29, 0.717) is 6.61 Å². The molecule has 76 valence electrons. The van der Waals surface area contributed by atoms with Gasteiger partial charge >= 0.3 is 25.0 Å². The summed E-state index contributed by atoms with van der Waals surface area (Å²) in [5.74, 6) is 0. The van der Waals surface area contributed by atoms with E-state index in [4.69, 9.17) is 4.74 Å². The van der Waals surface area contributed by atoms with Crippen LogP contribution in [0, 0.1) is 0 Å². The van der Waals surface area contributed by atoms with Crippen molar-refractivity contribution in [2.45, 2.75) is 18.9 Å². The quantitative estimate of drug-likeness (QED) is 0.740. The molecule has 1 aromatic carbocycles. The number of aryl methyl sites for hydroxylation is 1. The van der Waals surface area contributed by atoms with Gasteiger partial charge in [-0.2, -0.15) is 0 Å². The fourth-order valence-corrected chi connectivity index (χ4v) is 1.57. The van der Waals surface area contributed by atoms with Gasteiger partial charge in [0.05, 0.1) is 6.04 Å². The molecule has 3 nitrogen and oxygen atoms in total. The number of ether oxygens (including phenoxy) is 1. The number of amides is 1. The number of rotatable bonds is 3. The molecule has 0 bridgehead atoms. The summed E-state index contributed by atoms with van der Waals surface area (Å²) in [4.78, 5) is 10.7. The third-order valence-electron chi connectivity index (χ3n) is 2.36. The van der Waals surface area contributed by atoms with E-state index >= 15 is 0 Å². The van der Waals surface area contributed by atoms with E-state index in [1.165, 1.54) is 5.56 Å². The van der Waals surface area contributed by atoms with Gasteiger partial charge in [0.25, 0.3) is 0 Å². The van der Waals surface area contributed by atoms with Crippen LogP contribution in [0.3, 0.4) is 0 Å².